The minimum Gasteiger partial charge on any atom is -0.393 e. The van der Waals surface area contributed by atoms with Crippen LogP contribution in [0.1, 0.15) is 77.2 Å². The number of ether oxygens (including phenoxy) is 1. The Bertz CT molecular complexity index is 1070. The fourth-order valence-electron chi connectivity index (χ4n) is 5.99. The van der Waals surface area contributed by atoms with E-state index in [-0.39, 0.29) is 30.1 Å². The van der Waals surface area contributed by atoms with Crippen LogP contribution in [0.4, 0.5) is 5.69 Å². The number of carbonyl (C=O) groups excluding carboxylic acids is 4. The van der Waals surface area contributed by atoms with Crippen LogP contribution in [-0.4, -0.2) is 72.1 Å². The summed E-state index contributed by atoms with van der Waals surface area (Å²) in [6.45, 7) is 3.69. The zero-order chi connectivity index (χ0) is 29.6. The first-order valence-corrected chi connectivity index (χ1v) is 15.1. The molecule has 5 N–H and O–H groups in total. The van der Waals surface area contributed by atoms with Crippen LogP contribution in [0.5, 0.6) is 0 Å². The lowest BCUT2D eigenvalue weighted by Crippen LogP contribution is -2.57. The number of rotatable bonds is 13. The summed E-state index contributed by atoms with van der Waals surface area (Å²) in [5, 5.41) is 21.4. The smallest absolute Gasteiger partial charge is 0.243 e. The summed E-state index contributed by atoms with van der Waals surface area (Å²) >= 11 is 0. The van der Waals surface area contributed by atoms with Gasteiger partial charge in [-0.3, -0.25) is 19.2 Å². The molecule has 3 aliphatic rings. The van der Waals surface area contributed by atoms with Gasteiger partial charge in [-0.1, -0.05) is 37.8 Å². The molecule has 3 amide bonds. The van der Waals surface area contributed by atoms with Gasteiger partial charge in [-0.15, -0.1) is 0 Å². The number of amides is 3. The molecule has 4 rings (SSSR count). The minimum atomic E-state index is -0.945. The second kappa shape index (κ2) is 13.8. The molecule has 1 aromatic rings. The van der Waals surface area contributed by atoms with Crippen LogP contribution in [0, 0.1) is 11.8 Å². The third-order valence-corrected chi connectivity index (χ3v) is 8.91. The van der Waals surface area contributed by atoms with Gasteiger partial charge in [0.05, 0.1) is 18.8 Å². The third kappa shape index (κ3) is 8.52. The molecule has 0 aromatic heterocycles. The highest BCUT2D eigenvalue weighted by molar-refractivity contribution is 5.98. The van der Waals surface area contributed by atoms with Crippen molar-refractivity contribution in [2.24, 2.45) is 11.8 Å². The maximum Gasteiger partial charge on any atom is 0.243 e. The van der Waals surface area contributed by atoms with E-state index in [1.165, 1.54) is 0 Å². The molecular formula is C31H46N4O6. The molecule has 3 fully saturated rings. The van der Waals surface area contributed by atoms with Crippen molar-refractivity contribution in [2.45, 2.75) is 108 Å². The highest BCUT2D eigenvalue weighted by atomic mass is 16.6. The van der Waals surface area contributed by atoms with Crippen LogP contribution < -0.4 is 21.3 Å². The monoisotopic (exact) mass is 570 g/mol. The Morgan fingerprint density at radius 3 is 2.12 bits per heavy atom. The molecule has 1 aliphatic heterocycles. The number of hydrogen-bond donors (Lipinski definition) is 5. The van der Waals surface area contributed by atoms with Crippen LogP contribution in [0.25, 0.3) is 0 Å². The molecule has 4 unspecified atom stereocenters. The standard InChI is InChI=1S/C31H46N4O6/c1-19(33-29(39)22-10-14-24(36)15-11-22)28(38)35-26(17-21-8-12-23(32-3)13-9-21)30(40)34-25(16-20-6-4-5-7-20)27(37)31(2)18-41-31/h8-9,12-13,19-20,22,24-26,32,36H,4-7,10-11,14-18H2,1-3H3,(H,33,39)(H,34,40)(H,35,38). The van der Waals surface area contributed by atoms with E-state index in [1.54, 1.807) is 13.8 Å². The molecule has 1 saturated heterocycles. The number of epoxide rings is 1. The summed E-state index contributed by atoms with van der Waals surface area (Å²) in [6, 6.07) is 5.08. The zero-order valence-electron chi connectivity index (χ0n) is 24.5. The van der Waals surface area contributed by atoms with Crippen molar-refractivity contribution in [3.05, 3.63) is 29.8 Å². The molecule has 2 aliphatic carbocycles. The summed E-state index contributed by atoms with van der Waals surface area (Å²) in [4.78, 5) is 53.1. The van der Waals surface area contributed by atoms with Crippen molar-refractivity contribution in [3.63, 3.8) is 0 Å². The molecule has 0 spiro atoms. The van der Waals surface area contributed by atoms with E-state index in [0.29, 0.717) is 44.6 Å². The van der Waals surface area contributed by atoms with Crippen molar-refractivity contribution >= 4 is 29.2 Å². The average Bonchev–Trinajstić information content (AvgIpc) is 3.50. The van der Waals surface area contributed by atoms with Crippen LogP contribution in [0.15, 0.2) is 24.3 Å². The Labute approximate surface area is 242 Å². The number of hydrogen-bond acceptors (Lipinski definition) is 7. The maximum atomic E-state index is 13.7. The maximum absolute atomic E-state index is 13.7. The van der Waals surface area contributed by atoms with Crippen LogP contribution in [0.2, 0.25) is 0 Å². The third-order valence-electron chi connectivity index (χ3n) is 8.91. The zero-order valence-corrected chi connectivity index (χ0v) is 24.5. The molecule has 0 bridgehead atoms. The van der Waals surface area contributed by atoms with Gasteiger partial charge in [0.25, 0.3) is 0 Å². The molecule has 4 atom stereocenters. The Morgan fingerprint density at radius 1 is 0.927 bits per heavy atom. The number of Topliss-reactive ketones (excluding diaryl/α,β-unsaturated/α-hetero) is 1. The van der Waals surface area contributed by atoms with Crippen molar-refractivity contribution in [2.75, 3.05) is 19.0 Å². The highest BCUT2D eigenvalue weighted by Crippen LogP contribution is 2.33. The topological polar surface area (TPSA) is 149 Å². The lowest BCUT2D eigenvalue weighted by Gasteiger charge is -2.28. The summed E-state index contributed by atoms with van der Waals surface area (Å²) in [5.41, 5.74) is 0.898. The van der Waals surface area contributed by atoms with Gasteiger partial charge >= 0.3 is 0 Å². The van der Waals surface area contributed by atoms with Crippen molar-refractivity contribution in [3.8, 4) is 0 Å². The molecule has 2 saturated carbocycles. The van der Waals surface area contributed by atoms with E-state index < -0.39 is 35.5 Å². The number of aliphatic hydroxyl groups excluding tert-OH is 1. The van der Waals surface area contributed by atoms with Gasteiger partial charge < -0.3 is 31.1 Å². The molecular weight excluding hydrogens is 524 g/mol. The lowest BCUT2D eigenvalue weighted by atomic mass is 9.87. The molecule has 41 heavy (non-hydrogen) atoms. The van der Waals surface area contributed by atoms with Crippen LogP contribution in [0.3, 0.4) is 0 Å². The first kappa shape index (κ1) is 31.0. The molecule has 10 nitrogen and oxygen atoms in total. The Kier molecular flexibility index (Phi) is 10.4. The summed E-state index contributed by atoms with van der Waals surface area (Å²) < 4.78 is 5.42. The van der Waals surface area contributed by atoms with E-state index >= 15 is 0 Å². The fraction of sp³-hybridized carbons (Fsp3) is 0.677. The second-order valence-electron chi connectivity index (χ2n) is 12.3. The minimum absolute atomic E-state index is 0.126. The largest absolute Gasteiger partial charge is 0.393 e. The highest BCUT2D eigenvalue weighted by Gasteiger charge is 2.50. The van der Waals surface area contributed by atoms with Crippen LogP contribution in [-0.2, 0) is 30.3 Å². The Morgan fingerprint density at radius 2 is 1.54 bits per heavy atom. The van der Waals surface area contributed by atoms with E-state index in [4.69, 9.17) is 4.74 Å². The predicted molar refractivity (Wildman–Crippen MR) is 155 cm³/mol. The summed E-state index contributed by atoms with van der Waals surface area (Å²) in [5.74, 6) is -1.13. The van der Waals surface area contributed by atoms with Gasteiger partial charge in [0.1, 0.15) is 17.7 Å². The molecule has 10 heteroatoms. The second-order valence-corrected chi connectivity index (χ2v) is 12.3. The molecule has 1 aromatic carbocycles. The average molecular weight is 571 g/mol. The quantitative estimate of drug-likeness (QED) is 0.228. The predicted octanol–water partition coefficient (Wildman–Crippen LogP) is 2.23. The summed E-state index contributed by atoms with van der Waals surface area (Å²) in [7, 11) is 1.82. The van der Waals surface area contributed by atoms with Gasteiger partial charge in [-0.05, 0) is 69.6 Å². The number of anilines is 1. The van der Waals surface area contributed by atoms with Gasteiger partial charge in [-0.25, -0.2) is 0 Å². The fourth-order valence-corrected chi connectivity index (χ4v) is 5.99. The van der Waals surface area contributed by atoms with Crippen molar-refractivity contribution < 1.29 is 29.0 Å². The number of ketones is 1. The van der Waals surface area contributed by atoms with Gasteiger partial charge in [0.2, 0.25) is 17.7 Å². The van der Waals surface area contributed by atoms with Gasteiger partial charge in [0.15, 0.2) is 5.78 Å². The first-order valence-electron chi connectivity index (χ1n) is 15.1. The van der Waals surface area contributed by atoms with Gasteiger partial charge in [-0.2, -0.15) is 0 Å². The van der Waals surface area contributed by atoms with Crippen LogP contribution >= 0.6 is 0 Å². The van der Waals surface area contributed by atoms with Crippen molar-refractivity contribution in [1.82, 2.24) is 16.0 Å². The van der Waals surface area contributed by atoms with E-state index in [9.17, 15) is 24.3 Å². The first-order chi connectivity index (χ1) is 19.6. The Hall–Kier alpha value is -2.98. The van der Waals surface area contributed by atoms with E-state index in [0.717, 1.165) is 36.9 Å². The number of nitrogens with one attached hydrogen (secondary N) is 4. The number of aliphatic hydroxyl groups is 1. The summed E-state index contributed by atoms with van der Waals surface area (Å²) in [6.07, 6.45) is 7.01. The molecule has 1 heterocycles. The molecule has 0 radical (unpaired) electrons. The van der Waals surface area contributed by atoms with E-state index in [1.807, 2.05) is 31.3 Å². The lowest BCUT2D eigenvalue weighted by molar-refractivity contribution is -0.135. The van der Waals surface area contributed by atoms with Gasteiger partial charge in [0, 0.05) is 25.1 Å². The Balaban J connectivity index is 1.45. The number of carbonyl (C=O) groups is 4. The SMILES string of the molecule is CNc1ccc(CC(NC(=O)C(C)NC(=O)C2CCC(O)CC2)C(=O)NC(CC2CCCC2)C(=O)C2(C)CO2)cc1. The number of benzene rings is 1. The van der Waals surface area contributed by atoms with Crippen molar-refractivity contribution in [1.29, 1.82) is 0 Å². The normalized spacial score (nSPS) is 26.3. The molecule has 226 valence electrons. The van der Waals surface area contributed by atoms with E-state index in [2.05, 4.69) is 21.3 Å².